The van der Waals surface area contributed by atoms with Crippen LogP contribution < -0.4 is 0 Å². The summed E-state index contributed by atoms with van der Waals surface area (Å²) in [7, 11) is 0. The number of aldehydes is 1. The summed E-state index contributed by atoms with van der Waals surface area (Å²) in [4.78, 5) is 11.0. The maximum absolute atomic E-state index is 13.6. The molecule has 0 amide bonds. The van der Waals surface area contributed by atoms with Gasteiger partial charge in [0.05, 0.1) is 16.9 Å². The van der Waals surface area contributed by atoms with Gasteiger partial charge in [-0.1, -0.05) is 13.0 Å². The third-order valence-corrected chi connectivity index (χ3v) is 3.17. The molecule has 4 heteroatoms. The van der Waals surface area contributed by atoms with Gasteiger partial charge in [0.1, 0.15) is 5.82 Å². The predicted octanol–water partition coefficient (Wildman–Crippen LogP) is 3.00. The molecular formula is C14H15FN2O. The monoisotopic (exact) mass is 246 g/mol. The molecule has 1 aromatic carbocycles. The minimum atomic E-state index is -0.520. The lowest BCUT2D eigenvalue weighted by Gasteiger charge is -2.08. The van der Waals surface area contributed by atoms with E-state index in [0.29, 0.717) is 12.0 Å². The van der Waals surface area contributed by atoms with E-state index in [0.717, 1.165) is 23.4 Å². The molecule has 0 aliphatic carbocycles. The molecule has 0 N–H and O–H groups in total. The Labute approximate surface area is 105 Å². The Hall–Kier alpha value is -1.97. The van der Waals surface area contributed by atoms with Crippen LogP contribution in [-0.2, 0) is 6.42 Å². The first-order chi connectivity index (χ1) is 8.60. The Morgan fingerprint density at radius 3 is 2.67 bits per heavy atom. The van der Waals surface area contributed by atoms with Crippen LogP contribution in [0.25, 0.3) is 5.69 Å². The number of aromatic nitrogens is 2. The molecule has 3 nitrogen and oxygen atoms in total. The highest BCUT2D eigenvalue weighted by Crippen LogP contribution is 2.21. The first-order valence-corrected chi connectivity index (χ1v) is 5.89. The second kappa shape index (κ2) is 4.72. The molecule has 0 atom stereocenters. The minimum Gasteiger partial charge on any atom is -0.298 e. The van der Waals surface area contributed by atoms with E-state index in [1.165, 1.54) is 6.07 Å². The topological polar surface area (TPSA) is 34.9 Å². The van der Waals surface area contributed by atoms with E-state index >= 15 is 0 Å². The number of benzene rings is 1. The zero-order valence-corrected chi connectivity index (χ0v) is 10.7. The van der Waals surface area contributed by atoms with Gasteiger partial charge < -0.3 is 0 Å². The Bertz CT molecular complexity index is 602. The van der Waals surface area contributed by atoms with Gasteiger partial charge >= 0.3 is 0 Å². The lowest BCUT2D eigenvalue weighted by Crippen LogP contribution is -2.05. The molecule has 0 spiro atoms. The minimum absolute atomic E-state index is 0.0470. The van der Waals surface area contributed by atoms with Gasteiger partial charge in [-0.3, -0.25) is 4.79 Å². The van der Waals surface area contributed by atoms with Gasteiger partial charge in [-0.05, 0) is 38.0 Å². The molecule has 0 fully saturated rings. The number of hydrogen-bond acceptors (Lipinski definition) is 2. The average Bonchev–Trinajstić information content (AvgIpc) is 2.64. The fourth-order valence-electron chi connectivity index (χ4n) is 2.25. The Morgan fingerprint density at radius 1 is 1.39 bits per heavy atom. The van der Waals surface area contributed by atoms with Crippen LogP contribution in [0.2, 0.25) is 0 Å². The molecule has 1 aromatic heterocycles. The van der Waals surface area contributed by atoms with Crippen LogP contribution in [0.3, 0.4) is 0 Å². The van der Waals surface area contributed by atoms with Crippen LogP contribution in [0.5, 0.6) is 0 Å². The van der Waals surface area contributed by atoms with Crippen LogP contribution in [0.4, 0.5) is 4.39 Å². The predicted molar refractivity (Wildman–Crippen MR) is 67.8 cm³/mol. The number of rotatable bonds is 3. The number of carbonyl (C=O) groups is 1. The van der Waals surface area contributed by atoms with E-state index in [2.05, 4.69) is 5.10 Å². The molecule has 0 saturated carbocycles. The highest BCUT2D eigenvalue weighted by Gasteiger charge is 2.15. The van der Waals surface area contributed by atoms with Crippen molar-refractivity contribution in [2.24, 2.45) is 0 Å². The average molecular weight is 246 g/mol. The van der Waals surface area contributed by atoms with Crippen LogP contribution in [0, 0.1) is 19.7 Å². The molecule has 0 radical (unpaired) electrons. The van der Waals surface area contributed by atoms with Crippen LogP contribution >= 0.6 is 0 Å². The van der Waals surface area contributed by atoms with Crippen molar-refractivity contribution in [1.82, 2.24) is 9.78 Å². The molecule has 0 aliphatic heterocycles. The summed E-state index contributed by atoms with van der Waals surface area (Å²) < 4.78 is 15.2. The standard InChI is InChI=1S/C14H15FN2O/c1-4-11-9(2)16-17(10(11)3)14-7-5-6-13(15)12(14)8-18/h5-8H,4H2,1-3H3. The summed E-state index contributed by atoms with van der Waals surface area (Å²) >= 11 is 0. The van der Waals surface area contributed by atoms with E-state index in [4.69, 9.17) is 0 Å². The molecule has 94 valence electrons. The van der Waals surface area contributed by atoms with E-state index in [1.807, 2.05) is 20.8 Å². The zero-order chi connectivity index (χ0) is 13.3. The molecular weight excluding hydrogens is 231 g/mol. The SMILES string of the molecule is CCc1c(C)nn(-c2cccc(F)c2C=O)c1C. The second-order valence-corrected chi connectivity index (χ2v) is 4.21. The maximum Gasteiger partial charge on any atom is 0.155 e. The summed E-state index contributed by atoms with van der Waals surface area (Å²) in [6.07, 6.45) is 1.40. The van der Waals surface area contributed by atoms with Crippen molar-refractivity contribution in [3.05, 3.63) is 46.5 Å². The van der Waals surface area contributed by atoms with Crippen molar-refractivity contribution in [3.8, 4) is 5.69 Å². The molecule has 0 bridgehead atoms. The number of hydrogen-bond donors (Lipinski definition) is 0. The summed E-state index contributed by atoms with van der Waals surface area (Å²) in [5.74, 6) is -0.520. The molecule has 0 unspecified atom stereocenters. The molecule has 1 heterocycles. The van der Waals surface area contributed by atoms with E-state index in [-0.39, 0.29) is 5.56 Å². The zero-order valence-electron chi connectivity index (χ0n) is 10.7. The Morgan fingerprint density at radius 2 is 2.11 bits per heavy atom. The second-order valence-electron chi connectivity index (χ2n) is 4.21. The van der Waals surface area contributed by atoms with Gasteiger partial charge in [-0.2, -0.15) is 5.10 Å². The summed E-state index contributed by atoms with van der Waals surface area (Å²) in [6, 6.07) is 4.56. The number of nitrogens with zero attached hydrogens (tertiary/aromatic N) is 2. The van der Waals surface area contributed by atoms with Crippen molar-refractivity contribution in [3.63, 3.8) is 0 Å². The molecule has 2 rings (SSSR count). The van der Waals surface area contributed by atoms with Crippen LogP contribution in [0.1, 0.15) is 34.2 Å². The molecule has 2 aromatic rings. The summed E-state index contributed by atoms with van der Waals surface area (Å²) in [6.45, 7) is 5.90. The first-order valence-electron chi connectivity index (χ1n) is 5.89. The fraction of sp³-hybridized carbons (Fsp3) is 0.286. The Balaban J connectivity index is 2.70. The lowest BCUT2D eigenvalue weighted by atomic mass is 10.1. The van der Waals surface area contributed by atoms with Gasteiger partial charge in [0.2, 0.25) is 0 Å². The fourth-order valence-corrected chi connectivity index (χ4v) is 2.25. The van der Waals surface area contributed by atoms with Crippen LogP contribution in [0.15, 0.2) is 18.2 Å². The highest BCUT2D eigenvalue weighted by molar-refractivity contribution is 5.81. The van der Waals surface area contributed by atoms with Gasteiger partial charge in [0.25, 0.3) is 0 Å². The summed E-state index contributed by atoms with van der Waals surface area (Å²) in [5.41, 5.74) is 3.53. The lowest BCUT2D eigenvalue weighted by molar-refractivity contribution is 0.111. The molecule has 0 aliphatic rings. The smallest absolute Gasteiger partial charge is 0.155 e. The Kier molecular flexibility index (Phi) is 3.28. The van der Waals surface area contributed by atoms with E-state index in [9.17, 15) is 9.18 Å². The number of aryl methyl sites for hydroxylation is 1. The van der Waals surface area contributed by atoms with Crippen molar-refractivity contribution < 1.29 is 9.18 Å². The van der Waals surface area contributed by atoms with Crippen molar-refractivity contribution in [2.45, 2.75) is 27.2 Å². The van der Waals surface area contributed by atoms with Gasteiger partial charge in [0.15, 0.2) is 6.29 Å². The third kappa shape index (κ3) is 1.83. The number of halogens is 1. The quantitative estimate of drug-likeness (QED) is 0.780. The van der Waals surface area contributed by atoms with E-state index < -0.39 is 5.82 Å². The van der Waals surface area contributed by atoms with Crippen molar-refractivity contribution >= 4 is 6.29 Å². The van der Waals surface area contributed by atoms with Gasteiger partial charge in [0, 0.05) is 5.69 Å². The van der Waals surface area contributed by atoms with Crippen molar-refractivity contribution in [2.75, 3.05) is 0 Å². The maximum atomic E-state index is 13.6. The molecule has 18 heavy (non-hydrogen) atoms. The molecule has 0 saturated heterocycles. The normalized spacial score (nSPS) is 10.7. The summed E-state index contributed by atoms with van der Waals surface area (Å²) in [5, 5.41) is 4.39. The first kappa shape index (κ1) is 12.5. The van der Waals surface area contributed by atoms with Gasteiger partial charge in [-0.25, -0.2) is 9.07 Å². The van der Waals surface area contributed by atoms with Crippen LogP contribution in [-0.4, -0.2) is 16.1 Å². The highest BCUT2D eigenvalue weighted by atomic mass is 19.1. The van der Waals surface area contributed by atoms with E-state index in [1.54, 1.807) is 16.8 Å². The van der Waals surface area contributed by atoms with Crippen molar-refractivity contribution in [1.29, 1.82) is 0 Å². The third-order valence-electron chi connectivity index (χ3n) is 3.17. The number of carbonyl (C=O) groups excluding carboxylic acids is 1. The van der Waals surface area contributed by atoms with Gasteiger partial charge in [-0.15, -0.1) is 0 Å². The largest absolute Gasteiger partial charge is 0.298 e.